The molecule has 23 heavy (non-hydrogen) atoms. The third-order valence-corrected chi connectivity index (χ3v) is 5.23. The Bertz CT molecular complexity index is 570. The van der Waals surface area contributed by atoms with Gasteiger partial charge in [-0.1, -0.05) is 19.3 Å². The third kappa shape index (κ3) is 3.57. The van der Waals surface area contributed by atoms with E-state index in [4.69, 9.17) is 14.2 Å². The lowest BCUT2D eigenvalue weighted by molar-refractivity contribution is 0.0694. The molecule has 6 heteroatoms. The maximum Gasteiger partial charge on any atom is 0.255 e. The lowest BCUT2D eigenvalue weighted by Crippen LogP contribution is -2.38. The van der Waals surface area contributed by atoms with Crippen molar-refractivity contribution in [3.05, 3.63) is 16.1 Å². The average molecular weight is 386 g/mol. The number of benzene rings is 1. The van der Waals surface area contributed by atoms with Crippen molar-refractivity contribution in [1.82, 2.24) is 4.90 Å². The van der Waals surface area contributed by atoms with Crippen LogP contribution in [0.1, 0.15) is 42.5 Å². The molecule has 0 atom stereocenters. The SMILES string of the molecule is COc1cc(C(=O)N(C)C2CCCCC2)c(Br)c(OC)c1OC. The number of ether oxygens (including phenoxy) is 3. The fourth-order valence-corrected chi connectivity index (χ4v) is 3.73. The van der Waals surface area contributed by atoms with E-state index >= 15 is 0 Å². The summed E-state index contributed by atoms with van der Waals surface area (Å²) in [7, 11) is 6.50. The van der Waals surface area contributed by atoms with Gasteiger partial charge in [0.25, 0.3) is 5.91 Å². The van der Waals surface area contributed by atoms with Crippen LogP contribution in [-0.2, 0) is 0 Å². The van der Waals surface area contributed by atoms with Crippen LogP contribution in [0.5, 0.6) is 17.2 Å². The summed E-state index contributed by atoms with van der Waals surface area (Å²) in [5, 5.41) is 0. The van der Waals surface area contributed by atoms with Crippen LogP contribution in [0.15, 0.2) is 10.5 Å². The molecule has 1 aromatic rings. The molecule has 0 unspecified atom stereocenters. The minimum absolute atomic E-state index is 0.0389. The van der Waals surface area contributed by atoms with E-state index in [1.165, 1.54) is 19.3 Å². The maximum absolute atomic E-state index is 12.9. The van der Waals surface area contributed by atoms with Crippen LogP contribution < -0.4 is 14.2 Å². The van der Waals surface area contributed by atoms with Crippen molar-refractivity contribution in [2.45, 2.75) is 38.1 Å². The van der Waals surface area contributed by atoms with Gasteiger partial charge in [-0.2, -0.15) is 0 Å². The minimum Gasteiger partial charge on any atom is -0.493 e. The molecule has 1 aromatic carbocycles. The number of carbonyl (C=O) groups is 1. The van der Waals surface area contributed by atoms with Gasteiger partial charge in [-0.15, -0.1) is 0 Å². The van der Waals surface area contributed by atoms with Gasteiger partial charge in [0.2, 0.25) is 5.75 Å². The van der Waals surface area contributed by atoms with Gasteiger partial charge in [-0.05, 0) is 34.8 Å². The summed E-state index contributed by atoms with van der Waals surface area (Å²) in [5.41, 5.74) is 0.521. The Hall–Kier alpha value is -1.43. The van der Waals surface area contributed by atoms with Gasteiger partial charge in [0.05, 0.1) is 31.4 Å². The number of halogens is 1. The van der Waals surface area contributed by atoms with Crippen molar-refractivity contribution in [3.63, 3.8) is 0 Å². The normalized spacial score (nSPS) is 15.2. The topological polar surface area (TPSA) is 48.0 Å². The van der Waals surface area contributed by atoms with E-state index in [9.17, 15) is 4.79 Å². The number of rotatable bonds is 5. The molecule has 2 rings (SSSR count). The van der Waals surface area contributed by atoms with Crippen LogP contribution in [-0.4, -0.2) is 45.2 Å². The van der Waals surface area contributed by atoms with Gasteiger partial charge in [-0.25, -0.2) is 0 Å². The summed E-state index contributed by atoms with van der Waals surface area (Å²) < 4.78 is 16.7. The maximum atomic E-state index is 12.9. The Balaban J connectivity index is 2.39. The fourth-order valence-electron chi connectivity index (χ4n) is 3.10. The molecule has 1 fully saturated rings. The van der Waals surface area contributed by atoms with Crippen molar-refractivity contribution in [2.75, 3.05) is 28.4 Å². The highest BCUT2D eigenvalue weighted by Gasteiger charge is 2.28. The summed E-state index contributed by atoms with van der Waals surface area (Å²) in [6, 6.07) is 2.00. The van der Waals surface area contributed by atoms with Crippen molar-refractivity contribution in [2.24, 2.45) is 0 Å². The predicted molar refractivity (Wildman–Crippen MR) is 92.8 cm³/mol. The molecule has 0 radical (unpaired) electrons. The highest BCUT2D eigenvalue weighted by molar-refractivity contribution is 9.10. The molecule has 1 aliphatic rings. The molecule has 0 heterocycles. The zero-order valence-corrected chi connectivity index (χ0v) is 15.7. The predicted octanol–water partition coefficient (Wildman–Crippen LogP) is 3.88. The number of carbonyl (C=O) groups excluding carboxylic acids is 1. The molecule has 0 N–H and O–H groups in total. The van der Waals surface area contributed by atoms with Gasteiger partial charge < -0.3 is 19.1 Å². The van der Waals surface area contributed by atoms with Gasteiger partial charge in [-0.3, -0.25) is 4.79 Å². The third-order valence-electron chi connectivity index (χ3n) is 4.44. The van der Waals surface area contributed by atoms with Gasteiger partial charge in [0.1, 0.15) is 0 Å². The molecule has 1 aliphatic carbocycles. The molecule has 0 spiro atoms. The zero-order valence-electron chi connectivity index (χ0n) is 14.1. The van der Waals surface area contributed by atoms with Gasteiger partial charge >= 0.3 is 0 Å². The number of methoxy groups -OCH3 is 3. The van der Waals surface area contributed by atoms with Crippen molar-refractivity contribution in [3.8, 4) is 17.2 Å². The van der Waals surface area contributed by atoms with E-state index < -0.39 is 0 Å². The van der Waals surface area contributed by atoms with Crippen molar-refractivity contribution < 1.29 is 19.0 Å². The van der Waals surface area contributed by atoms with Gasteiger partial charge in [0, 0.05) is 13.1 Å². The Labute approximate surface area is 146 Å². The van der Waals surface area contributed by atoms with E-state index in [0.717, 1.165) is 12.8 Å². The molecule has 0 bridgehead atoms. The molecule has 0 aliphatic heterocycles. The van der Waals surface area contributed by atoms with Crippen LogP contribution in [0.3, 0.4) is 0 Å². The van der Waals surface area contributed by atoms with E-state index in [1.54, 1.807) is 27.4 Å². The zero-order chi connectivity index (χ0) is 17.0. The molecule has 1 saturated carbocycles. The number of nitrogens with zero attached hydrogens (tertiary/aromatic N) is 1. The molecule has 5 nitrogen and oxygen atoms in total. The van der Waals surface area contributed by atoms with E-state index in [2.05, 4.69) is 15.9 Å². The van der Waals surface area contributed by atoms with Crippen molar-refractivity contribution >= 4 is 21.8 Å². The number of hydrogen-bond acceptors (Lipinski definition) is 4. The summed E-state index contributed by atoms with van der Waals surface area (Å²) >= 11 is 3.48. The van der Waals surface area contributed by atoms with Crippen LogP contribution in [0, 0.1) is 0 Å². The monoisotopic (exact) mass is 385 g/mol. The Morgan fingerprint density at radius 2 is 1.70 bits per heavy atom. The number of amides is 1. The van der Waals surface area contributed by atoms with Crippen LogP contribution in [0.25, 0.3) is 0 Å². The first-order valence-corrected chi connectivity index (χ1v) is 8.60. The van der Waals surface area contributed by atoms with E-state index in [-0.39, 0.29) is 5.91 Å². The fraction of sp³-hybridized carbons (Fsp3) is 0.588. The average Bonchev–Trinajstić information content (AvgIpc) is 2.60. The lowest BCUT2D eigenvalue weighted by Gasteiger charge is -2.31. The first-order chi connectivity index (χ1) is 11.0. The van der Waals surface area contributed by atoms with Gasteiger partial charge in [0.15, 0.2) is 11.5 Å². The molecule has 0 aromatic heterocycles. The second kappa shape index (κ2) is 7.90. The summed E-state index contributed by atoms with van der Waals surface area (Å²) in [4.78, 5) is 14.8. The standard InChI is InChI=1S/C17H24BrNO4/c1-19(11-8-6-5-7-9-11)17(20)12-10-13(21-2)15(22-3)16(23-4)14(12)18/h10-11H,5-9H2,1-4H3. The molecular formula is C17H24BrNO4. The Morgan fingerprint density at radius 1 is 1.09 bits per heavy atom. The second-order valence-corrected chi connectivity index (χ2v) is 6.51. The highest BCUT2D eigenvalue weighted by Crippen LogP contribution is 2.45. The highest BCUT2D eigenvalue weighted by atomic mass is 79.9. The first kappa shape index (κ1) is 17.9. The van der Waals surface area contributed by atoms with Crippen LogP contribution >= 0.6 is 15.9 Å². The molecular weight excluding hydrogens is 362 g/mol. The second-order valence-electron chi connectivity index (χ2n) is 5.71. The first-order valence-electron chi connectivity index (χ1n) is 7.80. The van der Waals surface area contributed by atoms with E-state index in [1.807, 2.05) is 11.9 Å². The summed E-state index contributed by atoms with van der Waals surface area (Å²) in [6.45, 7) is 0. The largest absolute Gasteiger partial charge is 0.493 e. The molecule has 0 saturated heterocycles. The quantitative estimate of drug-likeness (QED) is 0.771. The number of hydrogen-bond donors (Lipinski definition) is 0. The van der Waals surface area contributed by atoms with Crippen LogP contribution in [0.2, 0.25) is 0 Å². The van der Waals surface area contributed by atoms with Crippen LogP contribution in [0.4, 0.5) is 0 Å². The summed E-state index contributed by atoms with van der Waals surface area (Å²) in [5.74, 6) is 1.38. The summed E-state index contributed by atoms with van der Waals surface area (Å²) in [6.07, 6.45) is 5.73. The Kier molecular flexibility index (Phi) is 6.16. The minimum atomic E-state index is -0.0389. The Morgan fingerprint density at radius 3 is 2.22 bits per heavy atom. The molecule has 128 valence electrons. The lowest BCUT2D eigenvalue weighted by atomic mass is 9.94. The van der Waals surface area contributed by atoms with Crippen molar-refractivity contribution in [1.29, 1.82) is 0 Å². The molecule has 1 amide bonds. The smallest absolute Gasteiger partial charge is 0.255 e. The van der Waals surface area contributed by atoms with E-state index in [0.29, 0.717) is 33.3 Å².